The summed E-state index contributed by atoms with van der Waals surface area (Å²) in [7, 11) is 1.98. The Labute approximate surface area is 130 Å². The van der Waals surface area contributed by atoms with Crippen molar-refractivity contribution in [3.05, 3.63) is 41.5 Å². The number of likely N-dealkylation sites (N-methyl/N-ethyl adjacent to an activating group) is 1. The van der Waals surface area contributed by atoms with Crippen LogP contribution in [0.3, 0.4) is 0 Å². The van der Waals surface area contributed by atoms with E-state index >= 15 is 0 Å². The van der Waals surface area contributed by atoms with Gasteiger partial charge < -0.3 is 15.0 Å². The molecule has 0 amide bonds. The van der Waals surface area contributed by atoms with Crippen LogP contribution in [0.15, 0.2) is 28.8 Å². The summed E-state index contributed by atoms with van der Waals surface area (Å²) in [5.41, 5.74) is 6.61. The number of ether oxygens (including phenoxy) is 1. The first-order chi connectivity index (χ1) is 9.67. The van der Waals surface area contributed by atoms with Gasteiger partial charge in [0.25, 0.3) is 0 Å². The molecule has 0 saturated heterocycles. The molecule has 0 atom stereocenters. The van der Waals surface area contributed by atoms with Crippen LogP contribution in [0.25, 0.3) is 0 Å². The lowest BCUT2D eigenvalue weighted by Crippen LogP contribution is -2.24. The van der Waals surface area contributed by atoms with E-state index in [9.17, 15) is 0 Å². The molecule has 2 N–H and O–H groups in total. The fraction of sp³-hybridized carbons (Fsp3) is 0.429. The van der Waals surface area contributed by atoms with E-state index < -0.39 is 0 Å². The average Bonchev–Trinajstić information content (AvgIpc) is 2.86. The van der Waals surface area contributed by atoms with Gasteiger partial charge in [0, 0.05) is 6.54 Å². The molecule has 0 unspecified atom stereocenters. The van der Waals surface area contributed by atoms with Gasteiger partial charge in [-0.05, 0) is 31.7 Å². The van der Waals surface area contributed by atoms with Crippen LogP contribution in [0, 0.1) is 6.92 Å². The Balaban J connectivity index is 0.00000220. The van der Waals surface area contributed by atoms with E-state index in [0.717, 1.165) is 12.3 Å². The number of nitrogens with two attached hydrogens (primary N) is 1. The Morgan fingerprint density at radius 2 is 2.19 bits per heavy atom. The first kappa shape index (κ1) is 17.4. The van der Waals surface area contributed by atoms with E-state index in [2.05, 4.69) is 15.0 Å². The van der Waals surface area contributed by atoms with Gasteiger partial charge in [-0.2, -0.15) is 4.98 Å². The minimum atomic E-state index is 0. The largest absolute Gasteiger partial charge is 0.492 e. The maximum absolute atomic E-state index is 5.70. The molecular formula is C14H21ClN4O2. The molecule has 116 valence electrons. The van der Waals surface area contributed by atoms with Crippen LogP contribution in [-0.2, 0) is 13.1 Å². The molecular weight excluding hydrogens is 292 g/mol. The second kappa shape index (κ2) is 8.61. The third-order valence-corrected chi connectivity index (χ3v) is 2.83. The summed E-state index contributed by atoms with van der Waals surface area (Å²) in [5.74, 6) is 2.00. The quantitative estimate of drug-likeness (QED) is 0.839. The number of aryl methyl sites for hydroxylation is 1. The normalized spacial score (nSPS) is 10.5. The molecule has 7 heteroatoms. The Hall–Kier alpha value is -1.63. The van der Waals surface area contributed by atoms with E-state index in [1.165, 1.54) is 5.56 Å². The Morgan fingerprint density at radius 1 is 1.38 bits per heavy atom. The van der Waals surface area contributed by atoms with Gasteiger partial charge in [0.1, 0.15) is 12.4 Å². The smallest absolute Gasteiger partial charge is 0.240 e. The number of rotatable bonds is 7. The maximum Gasteiger partial charge on any atom is 0.240 e. The molecule has 0 saturated carbocycles. The van der Waals surface area contributed by atoms with Crippen molar-refractivity contribution in [1.82, 2.24) is 15.0 Å². The summed E-state index contributed by atoms with van der Waals surface area (Å²) in [6, 6.07) is 8.01. The van der Waals surface area contributed by atoms with E-state index in [4.69, 9.17) is 15.0 Å². The van der Waals surface area contributed by atoms with Crippen molar-refractivity contribution in [1.29, 1.82) is 0 Å². The monoisotopic (exact) mass is 312 g/mol. The van der Waals surface area contributed by atoms with Crippen molar-refractivity contribution in [2.24, 2.45) is 5.73 Å². The zero-order valence-corrected chi connectivity index (χ0v) is 13.1. The SMILES string of the molecule is Cc1cccc(OCCN(C)Cc2noc(CN)n2)c1.Cl. The van der Waals surface area contributed by atoms with Gasteiger partial charge in [-0.25, -0.2) is 0 Å². The molecule has 1 heterocycles. The molecule has 0 spiro atoms. The number of benzene rings is 1. The Kier molecular flexibility index (Phi) is 7.14. The van der Waals surface area contributed by atoms with Crippen LogP contribution in [-0.4, -0.2) is 35.2 Å². The van der Waals surface area contributed by atoms with Gasteiger partial charge in [-0.3, -0.25) is 4.90 Å². The number of hydrogen-bond donors (Lipinski definition) is 1. The van der Waals surface area contributed by atoms with Crippen molar-refractivity contribution in [2.45, 2.75) is 20.0 Å². The summed E-state index contributed by atoms with van der Waals surface area (Å²) in [6.07, 6.45) is 0. The lowest BCUT2D eigenvalue weighted by molar-refractivity contribution is 0.227. The van der Waals surface area contributed by atoms with Crippen LogP contribution in [0.4, 0.5) is 0 Å². The highest BCUT2D eigenvalue weighted by Crippen LogP contribution is 2.12. The molecule has 1 aromatic heterocycles. The predicted octanol–water partition coefficient (Wildman–Crippen LogP) is 1.77. The molecule has 2 rings (SSSR count). The van der Waals surface area contributed by atoms with Crippen LogP contribution >= 0.6 is 12.4 Å². The second-order valence-corrected chi connectivity index (χ2v) is 4.71. The summed E-state index contributed by atoms with van der Waals surface area (Å²) in [6.45, 7) is 4.32. The fourth-order valence-electron chi connectivity index (χ4n) is 1.78. The third kappa shape index (κ3) is 5.71. The zero-order valence-electron chi connectivity index (χ0n) is 12.3. The average molecular weight is 313 g/mol. The molecule has 0 fully saturated rings. The number of nitrogens with zero attached hydrogens (tertiary/aromatic N) is 3. The van der Waals surface area contributed by atoms with Crippen molar-refractivity contribution in [2.75, 3.05) is 20.2 Å². The standard InChI is InChI=1S/C14H20N4O2.ClH/c1-11-4-3-5-12(8-11)19-7-6-18(2)10-13-16-14(9-15)20-17-13;/h3-5,8H,6-7,9-10,15H2,1-2H3;1H. The number of halogens is 1. The van der Waals surface area contributed by atoms with Gasteiger partial charge in [-0.1, -0.05) is 17.3 Å². The molecule has 0 bridgehead atoms. The molecule has 0 aliphatic heterocycles. The minimum absolute atomic E-state index is 0. The van der Waals surface area contributed by atoms with Gasteiger partial charge in [0.05, 0.1) is 13.1 Å². The van der Waals surface area contributed by atoms with Crippen molar-refractivity contribution < 1.29 is 9.26 Å². The first-order valence-electron chi connectivity index (χ1n) is 6.57. The van der Waals surface area contributed by atoms with Crippen LogP contribution < -0.4 is 10.5 Å². The molecule has 6 nitrogen and oxygen atoms in total. The molecule has 21 heavy (non-hydrogen) atoms. The van der Waals surface area contributed by atoms with E-state index in [-0.39, 0.29) is 19.0 Å². The maximum atomic E-state index is 5.70. The van der Waals surface area contributed by atoms with Crippen LogP contribution in [0.1, 0.15) is 17.3 Å². The number of aromatic nitrogens is 2. The number of hydrogen-bond acceptors (Lipinski definition) is 6. The topological polar surface area (TPSA) is 77.4 Å². The highest BCUT2D eigenvalue weighted by Gasteiger charge is 2.07. The lowest BCUT2D eigenvalue weighted by atomic mass is 10.2. The van der Waals surface area contributed by atoms with E-state index in [1.54, 1.807) is 0 Å². The van der Waals surface area contributed by atoms with Crippen molar-refractivity contribution in [3.63, 3.8) is 0 Å². The Morgan fingerprint density at radius 3 is 2.86 bits per heavy atom. The summed E-state index contributed by atoms with van der Waals surface area (Å²) in [5, 5.41) is 3.86. The van der Waals surface area contributed by atoms with Gasteiger partial charge in [-0.15, -0.1) is 12.4 Å². The van der Waals surface area contributed by atoms with Gasteiger partial charge in [0.2, 0.25) is 5.89 Å². The van der Waals surface area contributed by atoms with Crippen LogP contribution in [0.5, 0.6) is 5.75 Å². The van der Waals surface area contributed by atoms with Crippen LogP contribution in [0.2, 0.25) is 0 Å². The highest BCUT2D eigenvalue weighted by molar-refractivity contribution is 5.85. The predicted molar refractivity (Wildman–Crippen MR) is 82.4 cm³/mol. The highest BCUT2D eigenvalue weighted by atomic mass is 35.5. The second-order valence-electron chi connectivity index (χ2n) is 4.71. The van der Waals surface area contributed by atoms with E-state index in [1.807, 2.05) is 38.2 Å². The third-order valence-electron chi connectivity index (χ3n) is 2.83. The lowest BCUT2D eigenvalue weighted by Gasteiger charge is -2.15. The molecule has 2 aromatic rings. The van der Waals surface area contributed by atoms with Gasteiger partial charge >= 0.3 is 0 Å². The fourth-order valence-corrected chi connectivity index (χ4v) is 1.78. The summed E-state index contributed by atoms with van der Waals surface area (Å²) >= 11 is 0. The Bertz CT molecular complexity index is 547. The molecule has 0 radical (unpaired) electrons. The van der Waals surface area contributed by atoms with Crippen molar-refractivity contribution >= 4 is 12.4 Å². The van der Waals surface area contributed by atoms with Gasteiger partial charge in [0.15, 0.2) is 5.82 Å². The summed E-state index contributed by atoms with van der Waals surface area (Å²) in [4.78, 5) is 6.23. The molecule has 0 aliphatic rings. The van der Waals surface area contributed by atoms with E-state index in [0.29, 0.717) is 24.9 Å². The molecule has 0 aliphatic carbocycles. The summed E-state index contributed by atoms with van der Waals surface area (Å²) < 4.78 is 10.7. The zero-order chi connectivity index (χ0) is 14.4. The first-order valence-corrected chi connectivity index (χ1v) is 6.57. The minimum Gasteiger partial charge on any atom is -0.492 e. The molecule has 1 aromatic carbocycles. The van der Waals surface area contributed by atoms with Crippen molar-refractivity contribution in [3.8, 4) is 5.75 Å².